The molecule has 2 aromatic heterocycles. The lowest BCUT2D eigenvalue weighted by molar-refractivity contribution is -0.137. The lowest BCUT2D eigenvalue weighted by Crippen LogP contribution is -2.39. The molecular weight excluding hydrogens is 304 g/mol. The van der Waals surface area contributed by atoms with E-state index in [4.69, 9.17) is 5.11 Å². The highest BCUT2D eigenvalue weighted by Crippen LogP contribution is 2.04. The van der Waals surface area contributed by atoms with Crippen molar-refractivity contribution in [3.8, 4) is 0 Å². The molecule has 10 nitrogen and oxygen atoms in total. The zero-order valence-corrected chi connectivity index (χ0v) is 13.1. The van der Waals surface area contributed by atoms with Crippen LogP contribution in [0.25, 0.3) is 11.2 Å². The van der Waals surface area contributed by atoms with Gasteiger partial charge in [0.05, 0.1) is 6.33 Å². The molecule has 1 fully saturated rings. The zero-order chi connectivity index (χ0) is 17.0. The average molecular weight is 324 g/mol. The highest BCUT2D eigenvalue weighted by molar-refractivity contribution is 5.74. The van der Waals surface area contributed by atoms with Crippen molar-refractivity contribution in [1.29, 1.82) is 0 Å². The number of carboxylic acid groups (broad SMARTS) is 1. The van der Waals surface area contributed by atoms with Gasteiger partial charge in [0.2, 0.25) is 0 Å². The number of rotatable bonds is 2. The van der Waals surface area contributed by atoms with E-state index in [1.807, 2.05) is 0 Å². The van der Waals surface area contributed by atoms with Crippen LogP contribution in [0.2, 0.25) is 0 Å². The number of nitrogens with zero attached hydrogens (tertiary/aromatic N) is 4. The number of fused-ring (bicyclic) bond motifs is 1. The number of nitrogens with one attached hydrogen (secondary N) is 2. The van der Waals surface area contributed by atoms with Crippen molar-refractivity contribution >= 4 is 17.1 Å². The molecule has 1 aliphatic rings. The van der Waals surface area contributed by atoms with Gasteiger partial charge in [-0.15, -0.1) is 0 Å². The summed E-state index contributed by atoms with van der Waals surface area (Å²) in [5.74, 6) is -1.08. The molecule has 3 rings (SSSR count). The topological polar surface area (TPSA) is 123 Å². The molecule has 0 aliphatic carbocycles. The van der Waals surface area contributed by atoms with Crippen molar-refractivity contribution in [1.82, 2.24) is 29.3 Å². The van der Waals surface area contributed by atoms with Gasteiger partial charge >= 0.3 is 11.7 Å². The molecule has 0 unspecified atom stereocenters. The van der Waals surface area contributed by atoms with Crippen molar-refractivity contribution in [2.45, 2.75) is 6.54 Å². The monoisotopic (exact) mass is 324 g/mol. The van der Waals surface area contributed by atoms with Gasteiger partial charge < -0.3 is 20.3 Å². The minimum atomic E-state index is -1.08. The van der Waals surface area contributed by atoms with Crippen LogP contribution in [0.4, 0.5) is 0 Å². The van der Waals surface area contributed by atoms with Crippen molar-refractivity contribution in [2.75, 3.05) is 26.2 Å². The van der Waals surface area contributed by atoms with E-state index in [1.54, 1.807) is 0 Å². The van der Waals surface area contributed by atoms with Gasteiger partial charge in [-0.3, -0.25) is 18.7 Å². The highest BCUT2D eigenvalue weighted by atomic mass is 16.4. The van der Waals surface area contributed by atoms with Crippen LogP contribution in [-0.2, 0) is 25.4 Å². The summed E-state index contributed by atoms with van der Waals surface area (Å²) in [4.78, 5) is 38.0. The Bertz CT molecular complexity index is 803. The predicted octanol–water partition coefficient (Wildman–Crippen LogP) is -2.30. The van der Waals surface area contributed by atoms with E-state index < -0.39 is 17.2 Å². The summed E-state index contributed by atoms with van der Waals surface area (Å²) in [5, 5.41) is 15.1. The van der Waals surface area contributed by atoms with E-state index in [0.29, 0.717) is 0 Å². The van der Waals surface area contributed by atoms with Gasteiger partial charge in [0.25, 0.3) is 5.56 Å². The number of hydrogen-bond donors (Lipinski definition) is 3. The molecule has 0 atom stereocenters. The Morgan fingerprint density at radius 2 is 1.74 bits per heavy atom. The fourth-order valence-corrected chi connectivity index (χ4v) is 2.27. The van der Waals surface area contributed by atoms with E-state index in [9.17, 15) is 14.4 Å². The third-order valence-corrected chi connectivity index (χ3v) is 3.48. The van der Waals surface area contributed by atoms with Crippen LogP contribution >= 0.6 is 0 Å². The van der Waals surface area contributed by atoms with E-state index in [2.05, 4.69) is 15.6 Å². The normalized spacial score (nSPS) is 14.3. The maximum absolute atomic E-state index is 11.9. The Hall–Kier alpha value is -2.46. The first-order chi connectivity index (χ1) is 10.9. The van der Waals surface area contributed by atoms with E-state index in [1.165, 1.54) is 29.6 Å². The Morgan fingerprint density at radius 3 is 2.22 bits per heavy atom. The molecule has 23 heavy (non-hydrogen) atoms. The van der Waals surface area contributed by atoms with Crippen molar-refractivity contribution in [2.24, 2.45) is 14.1 Å². The van der Waals surface area contributed by atoms with Crippen molar-refractivity contribution < 1.29 is 9.90 Å². The van der Waals surface area contributed by atoms with Gasteiger partial charge in [-0.1, -0.05) is 0 Å². The largest absolute Gasteiger partial charge is 0.480 e. The molecule has 1 aliphatic heterocycles. The van der Waals surface area contributed by atoms with Crippen LogP contribution in [0.15, 0.2) is 15.9 Å². The zero-order valence-electron chi connectivity index (χ0n) is 13.1. The Balaban J connectivity index is 0.000000268. The molecule has 2 aromatic rings. The fourth-order valence-electron chi connectivity index (χ4n) is 2.27. The first-order valence-corrected chi connectivity index (χ1v) is 7.17. The molecule has 0 amide bonds. The molecule has 0 radical (unpaired) electrons. The summed E-state index contributed by atoms with van der Waals surface area (Å²) >= 11 is 0. The lowest BCUT2D eigenvalue weighted by atomic mass is 10.4. The second-order valence-corrected chi connectivity index (χ2v) is 5.14. The fraction of sp³-hybridized carbons (Fsp3) is 0.538. The van der Waals surface area contributed by atoms with E-state index in [-0.39, 0.29) is 17.7 Å². The standard InChI is InChI=1S/C9H10N4O4.C4H10N2/c1-11-7-6(8(16)12(2)9(11)17)13(4-10-7)3-5(14)15;1-2-6-4-3-5-1/h4H,3H2,1-2H3,(H,14,15);5-6H,1-4H2. The summed E-state index contributed by atoms with van der Waals surface area (Å²) in [5.41, 5.74) is -0.763. The number of aliphatic carboxylic acids is 1. The minimum absolute atomic E-state index is 0.108. The molecule has 0 saturated carbocycles. The quantitative estimate of drug-likeness (QED) is 0.567. The third-order valence-electron chi connectivity index (χ3n) is 3.48. The first kappa shape index (κ1) is 16.9. The smallest absolute Gasteiger partial charge is 0.332 e. The maximum Gasteiger partial charge on any atom is 0.332 e. The number of piperazine rings is 1. The molecule has 0 aromatic carbocycles. The Morgan fingerprint density at radius 1 is 1.17 bits per heavy atom. The summed E-state index contributed by atoms with van der Waals surface area (Å²) in [6, 6.07) is 0. The second-order valence-electron chi connectivity index (χ2n) is 5.14. The molecule has 3 N–H and O–H groups in total. The van der Waals surface area contributed by atoms with Gasteiger partial charge in [-0.2, -0.15) is 0 Å². The molecule has 0 spiro atoms. The van der Waals surface area contributed by atoms with Crippen LogP contribution in [0, 0.1) is 0 Å². The Kier molecular flexibility index (Phi) is 5.29. The molecule has 10 heteroatoms. The molecular formula is C13H20N6O4. The SMILES string of the molecule is C1CNCCN1.Cn1c(=O)c2c(ncn2CC(=O)O)n(C)c1=O. The van der Waals surface area contributed by atoms with Gasteiger partial charge in [0.15, 0.2) is 11.2 Å². The second kappa shape index (κ2) is 7.20. The highest BCUT2D eigenvalue weighted by Gasteiger charge is 2.15. The molecule has 0 bridgehead atoms. The third kappa shape index (κ3) is 3.66. The van der Waals surface area contributed by atoms with E-state index in [0.717, 1.165) is 30.7 Å². The Labute approximate surface area is 131 Å². The van der Waals surface area contributed by atoms with Crippen LogP contribution in [0.3, 0.4) is 0 Å². The predicted molar refractivity (Wildman–Crippen MR) is 83.6 cm³/mol. The van der Waals surface area contributed by atoms with Crippen LogP contribution in [0.5, 0.6) is 0 Å². The van der Waals surface area contributed by atoms with Gasteiger partial charge in [-0.05, 0) is 0 Å². The molecule has 1 saturated heterocycles. The summed E-state index contributed by atoms with van der Waals surface area (Å²) in [7, 11) is 2.81. The first-order valence-electron chi connectivity index (χ1n) is 7.17. The minimum Gasteiger partial charge on any atom is -0.480 e. The number of imidazole rings is 1. The van der Waals surface area contributed by atoms with Crippen LogP contribution in [-0.4, -0.2) is 55.9 Å². The summed E-state index contributed by atoms with van der Waals surface area (Å²) in [6.07, 6.45) is 1.24. The van der Waals surface area contributed by atoms with E-state index >= 15 is 0 Å². The number of aryl methyl sites for hydroxylation is 1. The van der Waals surface area contributed by atoms with Crippen molar-refractivity contribution in [3.63, 3.8) is 0 Å². The average Bonchev–Trinajstić information content (AvgIpc) is 2.96. The van der Waals surface area contributed by atoms with Crippen LogP contribution < -0.4 is 21.9 Å². The summed E-state index contributed by atoms with van der Waals surface area (Å²) in [6.45, 7) is 4.18. The summed E-state index contributed by atoms with van der Waals surface area (Å²) < 4.78 is 3.33. The van der Waals surface area contributed by atoms with Crippen molar-refractivity contribution in [3.05, 3.63) is 27.2 Å². The van der Waals surface area contributed by atoms with Gasteiger partial charge in [0, 0.05) is 40.3 Å². The molecule has 126 valence electrons. The van der Waals surface area contributed by atoms with Gasteiger partial charge in [0.1, 0.15) is 6.54 Å². The molecule has 3 heterocycles. The lowest BCUT2D eigenvalue weighted by Gasteiger charge is -2.11. The van der Waals surface area contributed by atoms with Crippen LogP contribution in [0.1, 0.15) is 0 Å². The van der Waals surface area contributed by atoms with Gasteiger partial charge in [-0.25, -0.2) is 9.78 Å². The maximum atomic E-state index is 11.9. The number of carbonyl (C=O) groups is 1. The number of hydrogen-bond acceptors (Lipinski definition) is 6. The number of aromatic nitrogens is 4. The number of carboxylic acids is 1.